The van der Waals surface area contributed by atoms with E-state index in [0.717, 1.165) is 32.2 Å². The molecular weight excluding hydrogens is 312 g/mol. The van der Waals surface area contributed by atoms with Gasteiger partial charge in [-0.2, -0.15) is 0 Å². The number of aryl methyl sites for hydroxylation is 1. The van der Waals surface area contributed by atoms with Crippen molar-refractivity contribution in [3.63, 3.8) is 0 Å². The van der Waals surface area contributed by atoms with Crippen LogP contribution in [-0.2, 0) is 7.05 Å². The van der Waals surface area contributed by atoms with Crippen LogP contribution in [0.25, 0.3) is 10.2 Å². The van der Waals surface area contributed by atoms with Crippen molar-refractivity contribution in [1.29, 1.82) is 0 Å². The highest BCUT2D eigenvalue weighted by Crippen LogP contribution is 2.22. The Kier molecular flexibility index (Phi) is 4.38. The van der Waals surface area contributed by atoms with E-state index in [-0.39, 0.29) is 0 Å². The minimum Gasteiger partial charge on any atom is -0.497 e. The molecule has 2 aromatic carbocycles. The van der Waals surface area contributed by atoms with Crippen LogP contribution in [-0.4, -0.2) is 18.8 Å². The van der Waals surface area contributed by atoms with Gasteiger partial charge in [-0.15, -0.1) is 10.2 Å². The van der Waals surface area contributed by atoms with E-state index < -0.39 is 0 Å². The number of benzene rings is 2. The van der Waals surface area contributed by atoms with Gasteiger partial charge >= 0.3 is 0 Å². The van der Waals surface area contributed by atoms with Crippen LogP contribution in [0.5, 0.6) is 11.5 Å². The Balaban J connectivity index is 1.90. The van der Waals surface area contributed by atoms with Gasteiger partial charge in [-0.25, -0.2) is 0 Å². The van der Waals surface area contributed by atoms with Crippen molar-refractivity contribution in [2.45, 2.75) is 0 Å². The van der Waals surface area contributed by atoms with Gasteiger partial charge in [0.1, 0.15) is 11.5 Å². The second kappa shape index (κ2) is 6.62. The molecule has 1 heterocycles. The van der Waals surface area contributed by atoms with Crippen molar-refractivity contribution < 1.29 is 9.47 Å². The highest BCUT2D eigenvalue weighted by Gasteiger charge is 2.04. The van der Waals surface area contributed by atoms with Crippen LogP contribution in [0.4, 0.5) is 5.69 Å². The van der Waals surface area contributed by atoms with Crippen LogP contribution in [0.2, 0.25) is 0 Å². The molecule has 0 N–H and O–H groups in total. The fourth-order valence-corrected chi connectivity index (χ4v) is 3.09. The number of hydrogen-bond donors (Lipinski definition) is 0. The van der Waals surface area contributed by atoms with E-state index in [4.69, 9.17) is 9.47 Å². The SMILES string of the molecule is COc1ccc(N=NN=c2sc3cc(OC)ccc3n2C)cc1. The first-order chi connectivity index (χ1) is 11.2. The fourth-order valence-electron chi connectivity index (χ4n) is 2.10. The monoisotopic (exact) mass is 328 g/mol. The Labute approximate surface area is 137 Å². The molecule has 0 amide bonds. The molecule has 3 aromatic rings. The normalized spacial score (nSPS) is 12.2. The largest absolute Gasteiger partial charge is 0.497 e. The lowest BCUT2D eigenvalue weighted by Crippen LogP contribution is -2.08. The third-order valence-electron chi connectivity index (χ3n) is 3.38. The molecule has 118 valence electrons. The lowest BCUT2D eigenvalue weighted by atomic mass is 10.3. The number of ether oxygens (including phenoxy) is 2. The molecule has 1 aromatic heterocycles. The van der Waals surface area contributed by atoms with Crippen molar-refractivity contribution >= 4 is 27.2 Å². The van der Waals surface area contributed by atoms with E-state index >= 15 is 0 Å². The van der Waals surface area contributed by atoms with Crippen molar-refractivity contribution in [3.05, 3.63) is 47.3 Å². The second-order valence-electron chi connectivity index (χ2n) is 4.76. The summed E-state index contributed by atoms with van der Waals surface area (Å²) in [6.07, 6.45) is 0. The standard InChI is InChI=1S/C16H16N4O2S/c1-20-14-9-8-13(22-3)10-15(14)23-16(20)18-19-17-11-4-6-12(21-2)7-5-11/h4-10H,1-3H3. The average Bonchev–Trinajstić information content (AvgIpc) is 2.91. The van der Waals surface area contributed by atoms with E-state index in [1.165, 1.54) is 11.3 Å². The highest BCUT2D eigenvalue weighted by atomic mass is 32.1. The molecule has 0 saturated carbocycles. The lowest BCUT2D eigenvalue weighted by Gasteiger charge is -1.99. The Bertz CT molecular complexity index is 910. The molecule has 0 unspecified atom stereocenters. The molecule has 0 aliphatic heterocycles. The summed E-state index contributed by atoms with van der Waals surface area (Å²) >= 11 is 1.54. The van der Waals surface area contributed by atoms with Crippen LogP contribution in [0.1, 0.15) is 0 Å². The predicted molar refractivity (Wildman–Crippen MR) is 90.4 cm³/mol. The summed E-state index contributed by atoms with van der Waals surface area (Å²) < 4.78 is 13.4. The highest BCUT2D eigenvalue weighted by molar-refractivity contribution is 7.16. The van der Waals surface area contributed by atoms with Crippen molar-refractivity contribution in [2.24, 2.45) is 22.5 Å². The molecule has 3 rings (SSSR count). The maximum Gasteiger partial charge on any atom is 0.213 e. The summed E-state index contributed by atoms with van der Waals surface area (Å²) in [7, 11) is 5.23. The first-order valence-corrected chi connectivity index (χ1v) is 7.75. The molecular formula is C16H16N4O2S. The first kappa shape index (κ1) is 15.2. The molecule has 0 atom stereocenters. The average molecular weight is 328 g/mol. The van der Waals surface area contributed by atoms with Crippen LogP contribution >= 0.6 is 11.3 Å². The Morgan fingerprint density at radius 3 is 2.35 bits per heavy atom. The van der Waals surface area contributed by atoms with Crippen LogP contribution in [0.3, 0.4) is 0 Å². The van der Waals surface area contributed by atoms with Gasteiger partial charge in [-0.1, -0.05) is 11.3 Å². The van der Waals surface area contributed by atoms with Gasteiger partial charge in [0, 0.05) is 7.05 Å². The topological polar surface area (TPSA) is 60.5 Å². The molecule has 0 aliphatic carbocycles. The molecule has 0 fully saturated rings. The Morgan fingerprint density at radius 2 is 1.65 bits per heavy atom. The number of thiazole rings is 1. The molecule has 7 heteroatoms. The molecule has 0 aliphatic rings. The van der Waals surface area contributed by atoms with Crippen LogP contribution < -0.4 is 14.3 Å². The van der Waals surface area contributed by atoms with Gasteiger partial charge in [0.25, 0.3) is 0 Å². The quantitative estimate of drug-likeness (QED) is 0.539. The summed E-state index contributed by atoms with van der Waals surface area (Å²) in [5.41, 5.74) is 1.80. The van der Waals surface area contributed by atoms with Gasteiger partial charge in [0.15, 0.2) is 0 Å². The number of nitrogens with zero attached hydrogens (tertiary/aromatic N) is 4. The molecule has 0 bridgehead atoms. The summed E-state index contributed by atoms with van der Waals surface area (Å²) in [5, 5.41) is 12.2. The van der Waals surface area contributed by atoms with E-state index in [9.17, 15) is 0 Å². The van der Waals surface area contributed by atoms with Gasteiger partial charge in [-0.05, 0) is 47.7 Å². The van der Waals surface area contributed by atoms with E-state index in [0.29, 0.717) is 0 Å². The molecule has 0 radical (unpaired) electrons. The summed E-state index contributed by atoms with van der Waals surface area (Å²) in [6.45, 7) is 0. The lowest BCUT2D eigenvalue weighted by molar-refractivity contribution is 0.415. The number of rotatable bonds is 4. The van der Waals surface area contributed by atoms with E-state index in [1.54, 1.807) is 14.2 Å². The minimum absolute atomic E-state index is 0.722. The van der Waals surface area contributed by atoms with Crippen LogP contribution in [0, 0.1) is 0 Å². The van der Waals surface area contributed by atoms with E-state index in [2.05, 4.69) is 15.4 Å². The maximum atomic E-state index is 5.24. The summed E-state index contributed by atoms with van der Waals surface area (Å²) in [5.74, 6) is 1.61. The summed E-state index contributed by atoms with van der Waals surface area (Å²) in [6, 6.07) is 13.2. The Hall–Kier alpha value is -2.67. The number of aromatic nitrogens is 1. The molecule has 0 spiro atoms. The third-order valence-corrected chi connectivity index (χ3v) is 4.46. The number of hydrogen-bond acceptors (Lipinski definition) is 5. The number of fused-ring (bicyclic) bond motifs is 1. The zero-order valence-electron chi connectivity index (χ0n) is 13.1. The van der Waals surface area contributed by atoms with Gasteiger partial charge in [0.2, 0.25) is 4.80 Å². The maximum absolute atomic E-state index is 5.24. The predicted octanol–water partition coefficient (Wildman–Crippen LogP) is 3.86. The third kappa shape index (κ3) is 3.24. The smallest absolute Gasteiger partial charge is 0.213 e. The van der Waals surface area contributed by atoms with Gasteiger partial charge < -0.3 is 14.0 Å². The molecule has 6 nitrogen and oxygen atoms in total. The summed E-state index contributed by atoms with van der Waals surface area (Å²) in [4.78, 5) is 0.769. The van der Waals surface area contributed by atoms with Crippen LogP contribution in [0.15, 0.2) is 57.9 Å². The zero-order valence-corrected chi connectivity index (χ0v) is 13.9. The number of methoxy groups -OCH3 is 2. The van der Waals surface area contributed by atoms with Gasteiger partial charge in [-0.3, -0.25) is 0 Å². The van der Waals surface area contributed by atoms with Crippen molar-refractivity contribution in [3.8, 4) is 11.5 Å². The minimum atomic E-state index is 0.722. The van der Waals surface area contributed by atoms with Crippen molar-refractivity contribution in [2.75, 3.05) is 14.2 Å². The second-order valence-corrected chi connectivity index (χ2v) is 5.77. The Morgan fingerprint density at radius 1 is 0.957 bits per heavy atom. The molecule has 23 heavy (non-hydrogen) atoms. The molecule has 0 saturated heterocycles. The zero-order chi connectivity index (χ0) is 16.2. The van der Waals surface area contributed by atoms with Gasteiger partial charge in [0.05, 0.1) is 30.1 Å². The first-order valence-electron chi connectivity index (χ1n) is 6.93. The fraction of sp³-hybridized carbons (Fsp3) is 0.188. The van der Waals surface area contributed by atoms with Crippen molar-refractivity contribution in [1.82, 2.24) is 4.57 Å². The van der Waals surface area contributed by atoms with E-state index in [1.807, 2.05) is 54.1 Å².